The van der Waals surface area contributed by atoms with E-state index in [0.717, 1.165) is 38.8 Å². The SMILES string of the molecule is CCCCN(CCCC)C(=O)c1nn[nH]n1. The number of unbranched alkanes of at least 4 members (excludes halogenated alkanes) is 2. The van der Waals surface area contributed by atoms with Crippen molar-refractivity contribution in [1.29, 1.82) is 0 Å². The Morgan fingerprint density at radius 1 is 1.25 bits per heavy atom. The topological polar surface area (TPSA) is 74.8 Å². The van der Waals surface area contributed by atoms with Crippen LogP contribution in [0.3, 0.4) is 0 Å². The van der Waals surface area contributed by atoms with Crippen LogP contribution in [0, 0.1) is 0 Å². The Morgan fingerprint density at radius 2 is 1.88 bits per heavy atom. The largest absolute Gasteiger partial charge is 0.336 e. The minimum Gasteiger partial charge on any atom is -0.336 e. The van der Waals surface area contributed by atoms with Gasteiger partial charge < -0.3 is 4.90 Å². The first-order valence-corrected chi connectivity index (χ1v) is 5.82. The Kier molecular flexibility index (Phi) is 5.45. The third-order valence-electron chi connectivity index (χ3n) is 2.39. The quantitative estimate of drug-likeness (QED) is 0.757. The van der Waals surface area contributed by atoms with E-state index in [-0.39, 0.29) is 11.7 Å². The Hall–Kier alpha value is -1.46. The highest BCUT2D eigenvalue weighted by Crippen LogP contribution is 2.03. The molecule has 16 heavy (non-hydrogen) atoms. The molecule has 0 spiro atoms. The summed E-state index contributed by atoms with van der Waals surface area (Å²) in [5, 5.41) is 13.1. The molecule has 0 aliphatic heterocycles. The third-order valence-corrected chi connectivity index (χ3v) is 2.39. The Labute approximate surface area is 95.4 Å². The lowest BCUT2D eigenvalue weighted by Gasteiger charge is -2.20. The van der Waals surface area contributed by atoms with Crippen molar-refractivity contribution in [3.8, 4) is 0 Å². The van der Waals surface area contributed by atoms with Gasteiger partial charge in [0.1, 0.15) is 0 Å². The number of amides is 1. The van der Waals surface area contributed by atoms with Crippen LogP contribution in [0.25, 0.3) is 0 Å². The maximum absolute atomic E-state index is 12.0. The van der Waals surface area contributed by atoms with Crippen molar-refractivity contribution in [1.82, 2.24) is 25.5 Å². The van der Waals surface area contributed by atoms with Crippen molar-refractivity contribution in [2.45, 2.75) is 39.5 Å². The predicted molar refractivity (Wildman–Crippen MR) is 59.9 cm³/mol. The number of aromatic amines is 1. The van der Waals surface area contributed by atoms with Crippen molar-refractivity contribution < 1.29 is 4.79 Å². The summed E-state index contributed by atoms with van der Waals surface area (Å²) in [6.45, 7) is 5.75. The fourth-order valence-electron chi connectivity index (χ4n) is 1.41. The van der Waals surface area contributed by atoms with Crippen LogP contribution in [-0.2, 0) is 0 Å². The first-order valence-electron chi connectivity index (χ1n) is 5.82. The van der Waals surface area contributed by atoms with Crippen molar-refractivity contribution in [3.63, 3.8) is 0 Å². The summed E-state index contributed by atoms with van der Waals surface area (Å²) < 4.78 is 0. The van der Waals surface area contributed by atoms with E-state index in [1.54, 1.807) is 4.90 Å². The van der Waals surface area contributed by atoms with E-state index in [1.807, 2.05) is 0 Å². The second-order valence-corrected chi connectivity index (χ2v) is 3.73. The molecule has 1 amide bonds. The predicted octanol–water partition coefficient (Wildman–Crippen LogP) is 1.24. The average Bonchev–Trinajstić information content (AvgIpc) is 2.82. The highest BCUT2D eigenvalue weighted by Gasteiger charge is 2.18. The number of H-pyrrole nitrogens is 1. The summed E-state index contributed by atoms with van der Waals surface area (Å²) in [5.74, 6) is 0.0304. The van der Waals surface area contributed by atoms with Gasteiger partial charge in [-0.1, -0.05) is 26.7 Å². The summed E-state index contributed by atoms with van der Waals surface area (Å²) in [7, 11) is 0. The molecule has 1 N–H and O–H groups in total. The highest BCUT2D eigenvalue weighted by molar-refractivity contribution is 5.90. The molecule has 0 bridgehead atoms. The molecule has 1 aromatic rings. The maximum Gasteiger partial charge on any atom is 0.295 e. The standard InChI is InChI=1S/C10H19N5O/c1-3-5-7-15(8-6-4-2)10(16)9-11-13-14-12-9/h3-8H2,1-2H3,(H,11,12,13,14). The molecule has 90 valence electrons. The molecule has 0 atom stereocenters. The minimum atomic E-state index is -0.129. The smallest absolute Gasteiger partial charge is 0.295 e. The Bertz CT molecular complexity index is 290. The van der Waals surface area contributed by atoms with Crippen LogP contribution in [-0.4, -0.2) is 44.5 Å². The summed E-state index contributed by atoms with van der Waals surface area (Å²) in [4.78, 5) is 13.8. The molecule has 1 aromatic heterocycles. The molecule has 0 aliphatic carbocycles. The number of carbonyl (C=O) groups is 1. The molecule has 6 heteroatoms. The van der Waals surface area contributed by atoms with Gasteiger partial charge in [-0.2, -0.15) is 5.21 Å². The van der Waals surface area contributed by atoms with Crippen LogP contribution in [0.2, 0.25) is 0 Å². The van der Waals surface area contributed by atoms with Gasteiger partial charge in [-0.3, -0.25) is 4.79 Å². The van der Waals surface area contributed by atoms with Crippen molar-refractivity contribution in [2.75, 3.05) is 13.1 Å². The zero-order valence-electron chi connectivity index (χ0n) is 9.94. The lowest BCUT2D eigenvalue weighted by Crippen LogP contribution is -2.33. The average molecular weight is 225 g/mol. The highest BCUT2D eigenvalue weighted by atomic mass is 16.2. The van der Waals surface area contributed by atoms with Crippen LogP contribution in [0.4, 0.5) is 0 Å². The summed E-state index contributed by atoms with van der Waals surface area (Å²) in [6.07, 6.45) is 4.16. The van der Waals surface area contributed by atoms with Crippen molar-refractivity contribution >= 4 is 5.91 Å². The molecular formula is C10H19N5O. The molecule has 0 aliphatic rings. The van der Waals surface area contributed by atoms with Crippen LogP contribution < -0.4 is 0 Å². The molecule has 0 saturated carbocycles. The first kappa shape index (κ1) is 12.6. The van der Waals surface area contributed by atoms with Crippen LogP contribution in [0.15, 0.2) is 0 Å². The van der Waals surface area contributed by atoms with E-state index >= 15 is 0 Å². The van der Waals surface area contributed by atoms with E-state index in [9.17, 15) is 4.79 Å². The monoisotopic (exact) mass is 225 g/mol. The molecule has 0 aromatic carbocycles. The van der Waals surface area contributed by atoms with E-state index in [0.29, 0.717) is 0 Å². The van der Waals surface area contributed by atoms with Crippen LogP contribution in [0.1, 0.15) is 50.1 Å². The van der Waals surface area contributed by atoms with E-state index in [2.05, 4.69) is 34.5 Å². The normalized spacial score (nSPS) is 10.4. The summed E-state index contributed by atoms with van der Waals surface area (Å²) in [5.41, 5.74) is 0. The first-order chi connectivity index (χ1) is 7.79. The van der Waals surface area contributed by atoms with Gasteiger partial charge in [0.2, 0.25) is 0 Å². The number of hydrogen-bond acceptors (Lipinski definition) is 4. The molecule has 1 rings (SSSR count). The van der Waals surface area contributed by atoms with Gasteiger partial charge in [0.05, 0.1) is 0 Å². The van der Waals surface area contributed by atoms with Gasteiger partial charge in [0.25, 0.3) is 11.7 Å². The maximum atomic E-state index is 12.0. The van der Waals surface area contributed by atoms with E-state index in [1.165, 1.54) is 0 Å². The number of carbonyl (C=O) groups excluding carboxylic acids is 1. The number of hydrogen-bond donors (Lipinski definition) is 1. The molecule has 6 nitrogen and oxygen atoms in total. The Balaban J connectivity index is 2.56. The lowest BCUT2D eigenvalue weighted by atomic mass is 10.2. The van der Waals surface area contributed by atoms with E-state index < -0.39 is 0 Å². The molecule has 0 radical (unpaired) electrons. The fourth-order valence-corrected chi connectivity index (χ4v) is 1.41. The second kappa shape index (κ2) is 6.92. The van der Waals surface area contributed by atoms with Crippen molar-refractivity contribution in [2.24, 2.45) is 0 Å². The van der Waals surface area contributed by atoms with Gasteiger partial charge in [0, 0.05) is 13.1 Å². The molecule has 0 unspecified atom stereocenters. The number of aromatic nitrogens is 4. The summed E-state index contributed by atoms with van der Waals surface area (Å²) in [6, 6.07) is 0. The fraction of sp³-hybridized carbons (Fsp3) is 0.800. The number of tetrazole rings is 1. The molecule has 0 fully saturated rings. The van der Waals surface area contributed by atoms with Gasteiger partial charge in [-0.25, -0.2) is 0 Å². The Morgan fingerprint density at radius 3 is 2.31 bits per heavy atom. The van der Waals surface area contributed by atoms with Crippen LogP contribution >= 0.6 is 0 Å². The minimum absolute atomic E-state index is 0.129. The third kappa shape index (κ3) is 3.60. The zero-order chi connectivity index (χ0) is 11.8. The number of nitrogens with zero attached hydrogens (tertiary/aromatic N) is 4. The zero-order valence-corrected chi connectivity index (χ0v) is 9.94. The van der Waals surface area contributed by atoms with Crippen molar-refractivity contribution in [3.05, 3.63) is 5.82 Å². The molecule has 1 heterocycles. The summed E-state index contributed by atoms with van der Waals surface area (Å²) >= 11 is 0. The number of nitrogens with one attached hydrogen (secondary N) is 1. The van der Waals surface area contributed by atoms with Gasteiger partial charge >= 0.3 is 0 Å². The van der Waals surface area contributed by atoms with Gasteiger partial charge in [-0.15, -0.1) is 10.2 Å². The molecule has 0 saturated heterocycles. The van der Waals surface area contributed by atoms with Gasteiger partial charge in [0.15, 0.2) is 0 Å². The van der Waals surface area contributed by atoms with E-state index in [4.69, 9.17) is 0 Å². The van der Waals surface area contributed by atoms with Gasteiger partial charge in [-0.05, 0) is 18.1 Å². The second-order valence-electron chi connectivity index (χ2n) is 3.73. The molecular weight excluding hydrogens is 206 g/mol. The number of rotatable bonds is 7. The lowest BCUT2D eigenvalue weighted by molar-refractivity contribution is 0.0739. The van der Waals surface area contributed by atoms with Crippen LogP contribution in [0.5, 0.6) is 0 Å².